The third-order valence-electron chi connectivity index (χ3n) is 6.32. The number of benzene rings is 4. The molecule has 4 aromatic carbocycles. The molecule has 0 heterocycles. The van der Waals surface area contributed by atoms with Gasteiger partial charge in [-0.2, -0.15) is 5.10 Å². The van der Waals surface area contributed by atoms with E-state index >= 15 is 0 Å². The summed E-state index contributed by atoms with van der Waals surface area (Å²) in [5, 5.41) is 6.70. The van der Waals surface area contributed by atoms with Crippen LogP contribution in [0.3, 0.4) is 0 Å². The first-order valence-electron chi connectivity index (χ1n) is 13.5. The van der Waals surface area contributed by atoms with Crippen LogP contribution < -0.4 is 34.0 Å². The fraction of sp³-hybridized carbons (Fsp3) is 0.156. The van der Waals surface area contributed by atoms with Crippen LogP contribution in [0.25, 0.3) is 0 Å². The molecular weight excluding hydrogens is 600 g/mol. The highest BCUT2D eigenvalue weighted by Crippen LogP contribution is 2.32. The molecule has 4 aromatic rings. The Morgan fingerprint density at radius 2 is 1.36 bits per heavy atom. The predicted octanol–water partition coefficient (Wildman–Crippen LogP) is 4.08. The first-order valence-corrected chi connectivity index (χ1v) is 15.0. The van der Waals surface area contributed by atoms with E-state index in [9.17, 15) is 18.0 Å². The van der Waals surface area contributed by atoms with Gasteiger partial charge in [0.25, 0.3) is 21.8 Å². The number of methoxy groups -OCH3 is 3. The van der Waals surface area contributed by atoms with Crippen molar-refractivity contribution in [3.8, 4) is 23.0 Å². The molecule has 0 saturated heterocycles. The molecule has 0 aromatic heterocycles. The number of nitrogens with one attached hydrogen (secondary N) is 2. The van der Waals surface area contributed by atoms with Gasteiger partial charge in [0.15, 0.2) is 6.61 Å². The summed E-state index contributed by atoms with van der Waals surface area (Å²) in [6.07, 6.45) is 1.39. The van der Waals surface area contributed by atoms with E-state index in [0.29, 0.717) is 28.5 Å². The number of ether oxygens (including phenoxy) is 4. The minimum atomic E-state index is -4.18. The maximum Gasteiger partial charge on any atom is 0.264 e. The van der Waals surface area contributed by atoms with Gasteiger partial charge in [0.2, 0.25) is 0 Å². The van der Waals surface area contributed by atoms with Gasteiger partial charge in [-0.25, -0.2) is 13.8 Å². The molecule has 234 valence electrons. The summed E-state index contributed by atoms with van der Waals surface area (Å²) in [6.45, 7) is -0.769. The highest BCUT2D eigenvalue weighted by atomic mass is 32.2. The monoisotopic (exact) mass is 632 g/mol. The first kappa shape index (κ1) is 32.4. The van der Waals surface area contributed by atoms with E-state index in [4.69, 9.17) is 18.9 Å². The molecule has 0 bridgehead atoms. The molecule has 45 heavy (non-hydrogen) atoms. The van der Waals surface area contributed by atoms with Gasteiger partial charge in [-0.1, -0.05) is 12.1 Å². The number of amides is 2. The van der Waals surface area contributed by atoms with E-state index in [0.717, 1.165) is 4.31 Å². The van der Waals surface area contributed by atoms with Gasteiger partial charge in [0, 0.05) is 5.69 Å². The minimum absolute atomic E-state index is 0.0361. The molecule has 4 rings (SSSR count). The number of carbonyl (C=O) groups excluding carboxylic acids is 2. The zero-order chi connectivity index (χ0) is 32.2. The van der Waals surface area contributed by atoms with E-state index in [1.54, 1.807) is 79.9 Å². The van der Waals surface area contributed by atoms with Crippen molar-refractivity contribution in [1.82, 2.24) is 5.43 Å². The quantitative estimate of drug-likeness (QED) is 0.156. The van der Waals surface area contributed by atoms with E-state index < -0.39 is 22.5 Å². The van der Waals surface area contributed by atoms with Gasteiger partial charge in [0.05, 0.1) is 38.1 Å². The lowest BCUT2D eigenvalue weighted by Gasteiger charge is -2.25. The highest BCUT2D eigenvalue weighted by molar-refractivity contribution is 7.92. The largest absolute Gasteiger partial charge is 0.497 e. The molecular formula is C32H32N4O8S. The zero-order valence-electron chi connectivity index (χ0n) is 24.8. The Morgan fingerprint density at radius 1 is 0.756 bits per heavy atom. The Labute approximate surface area is 261 Å². The van der Waals surface area contributed by atoms with E-state index in [-0.39, 0.29) is 28.8 Å². The summed E-state index contributed by atoms with van der Waals surface area (Å²) < 4.78 is 49.4. The Morgan fingerprint density at radius 3 is 1.98 bits per heavy atom. The number of para-hydroxylation sites is 2. The molecule has 12 nitrogen and oxygen atoms in total. The van der Waals surface area contributed by atoms with Crippen molar-refractivity contribution in [1.29, 1.82) is 0 Å². The molecule has 2 amide bonds. The summed E-state index contributed by atoms with van der Waals surface area (Å²) in [5.74, 6) is 0.880. The summed E-state index contributed by atoms with van der Waals surface area (Å²) >= 11 is 0. The van der Waals surface area contributed by atoms with Gasteiger partial charge in [-0.3, -0.25) is 13.9 Å². The van der Waals surface area contributed by atoms with Gasteiger partial charge < -0.3 is 24.3 Å². The minimum Gasteiger partial charge on any atom is -0.497 e. The third-order valence-corrected chi connectivity index (χ3v) is 8.09. The molecule has 0 aliphatic rings. The number of nitrogens with zero attached hydrogens (tertiary/aromatic N) is 2. The molecule has 0 aliphatic carbocycles. The lowest BCUT2D eigenvalue weighted by Crippen LogP contribution is -2.39. The van der Waals surface area contributed by atoms with E-state index in [1.165, 1.54) is 44.7 Å². The second kappa shape index (κ2) is 15.3. The number of carbonyl (C=O) groups is 2. The molecule has 0 fully saturated rings. The molecule has 0 radical (unpaired) electrons. The van der Waals surface area contributed by atoms with E-state index in [2.05, 4.69) is 15.8 Å². The van der Waals surface area contributed by atoms with Crippen LogP contribution in [0.1, 0.15) is 5.56 Å². The molecule has 0 spiro atoms. The number of hydrazone groups is 1. The van der Waals surface area contributed by atoms with Gasteiger partial charge in [-0.05, 0) is 90.5 Å². The Hall–Kier alpha value is -5.56. The molecule has 0 atom stereocenters. The molecule has 2 N–H and O–H groups in total. The summed E-state index contributed by atoms with van der Waals surface area (Å²) in [7, 11) is 0.267. The fourth-order valence-corrected chi connectivity index (χ4v) is 5.46. The first-order chi connectivity index (χ1) is 21.7. The van der Waals surface area contributed by atoms with Gasteiger partial charge in [0.1, 0.15) is 29.5 Å². The summed E-state index contributed by atoms with van der Waals surface area (Å²) in [5.41, 5.74) is 3.79. The van der Waals surface area contributed by atoms with Crippen molar-refractivity contribution in [3.05, 3.63) is 103 Å². The van der Waals surface area contributed by atoms with Crippen LogP contribution in [0.4, 0.5) is 11.4 Å². The zero-order valence-corrected chi connectivity index (χ0v) is 25.6. The predicted molar refractivity (Wildman–Crippen MR) is 170 cm³/mol. The second-order valence-corrected chi connectivity index (χ2v) is 11.1. The van der Waals surface area contributed by atoms with Crippen molar-refractivity contribution in [2.24, 2.45) is 5.10 Å². The lowest BCUT2D eigenvalue weighted by molar-refractivity contribution is -0.119. The highest BCUT2D eigenvalue weighted by Gasteiger charge is 2.29. The van der Waals surface area contributed by atoms with Crippen LogP contribution in [0, 0.1) is 0 Å². The SMILES string of the molecule is COc1ccc(NC(=O)COc2ccc(/C=N\NC(=O)CN(c3ccccc3OC)S(=O)(=O)c3ccc(OC)cc3)cc2)cc1. The number of anilines is 2. The van der Waals surface area contributed by atoms with Crippen LogP contribution in [0.15, 0.2) is 107 Å². The van der Waals surface area contributed by atoms with Crippen molar-refractivity contribution < 1.29 is 37.0 Å². The fourth-order valence-electron chi connectivity index (χ4n) is 4.03. The molecule has 0 saturated carbocycles. The maximum atomic E-state index is 13.6. The molecule has 0 unspecified atom stereocenters. The summed E-state index contributed by atoms with van der Waals surface area (Å²) in [4.78, 5) is 25.1. The standard InChI is InChI=1S/C32H32N4O8S/c1-41-25-14-10-24(11-15-25)34-32(38)22-44-27-12-8-23(9-13-27)20-33-35-31(37)21-36(29-6-4-5-7-30(29)43-3)45(39,40)28-18-16-26(42-2)17-19-28/h4-20H,21-22H2,1-3H3,(H,34,38)(H,35,37)/b33-20-. The van der Waals surface area contributed by atoms with Crippen LogP contribution in [0.5, 0.6) is 23.0 Å². The van der Waals surface area contributed by atoms with Crippen LogP contribution in [-0.2, 0) is 19.6 Å². The van der Waals surface area contributed by atoms with Crippen LogP contribution >= 0.6 is 0 Å². The number of rotatable bonds is 14. The summed E-state index contributed by atoms with van der Waals surface area (Å²) in [6, 6.07) is 25.9. The van der Waals surface area contributed by atoms with Crippen molar-refractivity contribution >= 4 is 39.4 Å². The lowest BCUT2D eigenvalue weighted by atomic mass is 10.2. The van der Waals surface area contributed by atoms with Crippen molar-refractivity contribution in [2.45, 2.75) is 4.90 Å². The van der Waals surface area contributed by atoms with E-state index in [1.807, 2.05) is 0 Å². The Kier molecular flexibility index (Phi) is 11.0. The van der Waals surface area contributed by atoms with Gasteiger partial charge in [-0.15, -0.1) is 0 Å². The van der Waals surface area contributed by atoms with Gasteiger partial charge >= 0.3 is 0 Å². The average Bonchev–Trinajstić information content (AvgIpc) is 3.07. The maximum absolute atomic E-state index is 13.6. The number of hydrogen-bond acceptors (Lipinski definition) is 9. The number of hydrogen-bond donors (Lipinski definition) is 2. The average molecular weight is 633 g/mol. The van der Waals surface area contributed by atoms with Crippen molar-refractivity contribution in [3.63, 3.8) is 0 Å². The van der Waals surface area contributed by atoms with Crippen molar-refractivity contribution in [2.75, 3.05) is 44.1 Å². The van der Waals surface area contributed by atoms with Crippen LogP contribution in [-0.4, -0.2) is 60.9 Å². The Balaban J connectivity index is 1.36. The third kappa shape index (κ3) is 8.74. The number of sulfonamides is 1. The second-order valence-electron chi connectivity index (χ2n) is 9.29. The van der Waals surface area contributed by atoms with Crippen LogP contribution in [0.2, 0.25) is 0 Å². The molecule has 0 aliphatic heterocycles. The topological polar surface area (TPSA) is 145 Å². The smallest absolute Gasteiger partial charge is 0.264 e. The normalized spacial score (nSPS) is 11.0. The molecule has 13 heteroatoms. The Bertz CT molecular complexity index is 1730.